The Morgan fingerprint density at radius 1 is 0.414 bits per heavy atom. The molecule has 5 aromatic carbocycles. The van der Waals surface area contributed by atoms with Crippen molar-refractivity contribution in [2.75, 3.05) is 132 Å². The number of nitrogens with zero attached hydrogens (tertiary/aromatic N) is 6. The largest absolute Gasteiger partial charge is 0.399 e. The van der Waals surface area contributed by atoms with E-state index in [1.807, 2.05) is 62.6 Å². The van der Waals surface area contributed by atoms with E-state index in [1.165, 1.54) is 24.3 Å². The smallest absolute Gasteiger partial charge is 0.269 e. The number of non-ortho nitro benzene ring substituents is 3. The molecule has 0 bridgehead atoms. The maximum Gasteiger partial charge on any atom is 0.269 e. The van der Waals surface area contributed by atoms with Crippen molar-refractivity contribution in [1.82, 2.24) is 14.7 Å². The fraction of sp³-hybridized carbons (Fsp3) is 0.333. The van der Waals surface area contributed by atoms with E-state index < -0.39 is 20.6 Å². The first-order chi connectivity index (χ1) is 31.6. The van der Waals surface area contributed by atoms with Crippen LogP contribution in [0.1, 0.15) is 0 Å². The Morgan fingerprint density at radius 2 is 0.629 bits per heavy atom. The molecule has 20 nitrogen and oxygen atoms in total. The van der Waals surface area contributed by atoms with Gasteiger partial charge in [0.05, 0.1) is 14.8 Å². The van der Waals surface area contributed by atoms with Gasteiger partial charge in [0.2, 0.25) is 0 Å². The van der Waals surface area contributed by atoms with E-state index in [2.05, 4.69) is 43.0 Å². The molecule has 0 heterocycles. The fourth-order valence-electron chi connectivity index (χ4n) is 5.51. The second kappa shape index (κ2) is 39.8. The summed E-state index contributed by atoms with van der Waals surface area (Å²) in [7, 11) is 6.13. The van der Waals surface area contributed by atoms with Crippen LogP contribution >= 0.6 is 49.6 Å². The summed E-state index contributed by atoms with van der Waals surface area (Å²) in [5.74, 6) is -0.467. The minimum Gasteiger partial charge on any atom is -0.399 e. The molecule has 390 valence electrons. The molecular weight excluding hydrogens is 993 g/mol. The summed E-state index contributed by atoms with van der Waals surface area (Å²) in [4.78, 5) is 36.3. The Balaban J connectivity index is -0.000000919. The zero-order chi connectivity index (χ0) is 48.7. The van der Waals surface area contributed by atoms with Crippen molar-refractivity contribution in [3.63, 3.8) is 0 Å². The maximum absolute atomic E-state index is 12.1. The molecule has 0 spiro atoms. The van der Waals surface area contributed by atoms with Gasteiger partial charge >= 0.3 is 0 Å². The van der Waals surface area contributed by atoms with Crippen molar-refractivity contribution < 1.29 is 19.2 Å². The standard InChI is InChI=1S/C17H21N5O4.C17H25N5.C6H4FNO2.C5H15N3.4ClH/c1-20(12-10-18-14-2-6-16(7-3-14)21(23)24)13-11-19-15-4-8-17(9-5-15)22(25)26;1-22(12-10-20-16-6-2-14(18)3-7-16)13-11-21-17-8-4-15(19)5-9-17;7-5-1-3-6(4-2-5)8(9)10;1-8(4-2-6)5-3-7;;;;/h2-9,18-19H,10-13H2,1H3;2-9,20-21H,10-13,18-19H2,1H3;1-4H;2-7H2,1H3;4*1H. The van der Waals surface area contributed by atoms with Gasteiger partial charge in [0.1, 0.15) is 5.82 Å². The number of halogens is 5. The molecule has 0 aliphatic carbocycles. The van der Waals surface area contributed by atoms with Gasteiger partial charge in [0, 0.05) is 149 Å². The number of nitro benzene ring substituents is 3. The van der Waals surface area contributed by atoms with Crippen LogP contribution in [0.4, 0.5) is 55.6 Å². The van der Waals surface area contributed by atoms with Crippen molar-refractivity contribution in [3.05, 3.63) is 157 Å². The maximum atomic E-state index is 12.1. The van der Waals surface area contributed by atoms with Gasteiger partial charge in [0.25, 0.3) is 17.1 Å². The number of hydrogen-bond donors (Lipinski definition) is 8. The third-order valence-electron chi connectivity index (χ3n) is 9.33. The monoisotopic (exact) mass is 1060 g/mol. The van der Waals surface area contributed by atoms with Crippen LogP contribution in [0.3, 0.4) is 0 Å². The SMILES string of the molecule is CN(CCN)CCN.CN(CCNc1ccc(N)cc1)CCNc1ccc(N)cc1.CN(CCNc1ccc([N+](=O)[O-])cc1)CCNc1ccc([N+](=O)[O-])cc1.Cl.Cl.Cl.Cl.O=[N+]([O-])c1ccc(F)cc1. The molecule has 0 aliphatic rings. The van der Waals surface area contributed by atoms with Crippen LogP contribution in [0.25, 0.3) is 0 Å². The summed E-state index contributed by atoms with van der Waals surface area (Å²) in [5.41, 5.74) is 27.4. The van der Waals surface area contributed by atoms with Gasteiger partial charge in [-0.2, -0.15) is 0 Å². The average Bonchev–Trinajstić information content (AvgIpc) is 3.29. The molecule has 0 unspecified atom stereocenters. The Kier molecular flexibility index (Phi) is 38.8. The number of anilines is 6. The molecule has 0 aromatic heterocycles. The van der Waals surface area contributed by atoms with E-state index in [1.54, 1.807) is 24.3 Å². The molecule has 5 rings (SSSR count). The van der Waals surface area contributed by atoms with E-state index in [4.69, 9.17) is 22.9 Å². The summed E-state index contributed by atoms with van der Waals surface area (Å²) in [6.07, 6.45) is 0. The number of rotatable bonds is 23. The predicted octanol–water partition coefficient (Wildman–Crippen LogP) is 7.52. The Labute approximate surface area is 434 Å². The van der Waals surface area contributed by atoms with Crippen LogP contribution in [0, 0.1) is 36.2 Å². The number of nitrogen functional groups attached to an aromatic ring is 2. The van der Waals surface area contributed by atoms with Crippen LogP contribution in [-0.2, 0) is 0 Å². The van der Waals surface area contributed by atoms with Crippen molar-refractivity contribution in [1.29, 1.82) is 0 Å². The molecule has 25 heteroatoms. The lowest BCUT2D eigenvalue weighted by Gasteiger charge is -2.18. The molecule has 0 atom stereocenters. The Bertz CT molecular complexity index is 2000. The highest BCUT2D eigenvalue weighted by Gasteiger charge is 2.06. The van der Waals surface area contributed by atoms with Crippen molar-refractivity contribution in [2.24, 2.45) is 11.5 Å². The summed E-state index contributed by atoms with van der Waals surface area (Å²) < 4.78 is 12.1. The van der Waals surface area contributed by atoms with E-state index in [0.717, 1.165) is 124 Å². The lowest BCUT2D eigenvalue weighted by molar-refractivity contribution is -0.385. The minimum atomic E-state index is -0.570. The number of hydrogen-bond acceptors (Lipinski definition) is 17. The van der Waals surface area contributed by atoms with E-state index in [0.29, 0.717) is 13.1 Å². The number of nitro groups is 3. The molecule has 0 saturated heterocycles. The van der Waals surface area contributed by atoms with Crippen molar-refractivity contribution in [2.45, 2.75) is 0 Å². The normalized spacial score (nSPS) is 9.79. The second-order valence-corrected chi connectivity index (χ2v) is 14.8. The summed E-state index contributed by atoms with van der Waals surface area (Å²) in [6, 6.07) is 32.6. The van der Waals surface area contributed by atoms with Crippen molar-refractivity contribution >= 4 is 101 Å². The lowest BCUT2D eigenvalue weighted by Crippen LogP contribution is -2.30. The van der Waals surface area contributed by atoms with Gasteiger partial charge in [-0.25, -0.2) is 4.39 Å². The molecular formula is C45H69Cl4FN14O6. The van der Waals surface area contributed by atoms with Crippen LogP contribution in [0.2, 0.25) is 0 Å². The average molecular weight is 1060 g/mol. The first kappa shape index (κ1) is 68.3. The highest BCUT2D eigenvalue weighted by atomic mass is 35.5. The first-order valence-electron chi connectivity index (χ1n) is 21.1. The first-order valence-corrected chi connectivity index (χ1v) is 21.1. The zero-order valence-corrected chi connectivity index (χ0v) is 42.8. The van der Waals surface area contributed by atoms with Gasteiger partial charge in [-0.1, -0.05) is 0 Å². The molecule has 0 aliphatic heterocycles. The lowest BCUT2D eigenvalue weighted by atomic mass is 10.3. The van der Waals surface area contributed by atoms with Crippen molar-refractivity contribution in [3.8, 4) is 0 Å². The molecule has 0 saturated carbocycles. The topological polar surface area (TPSA) is 291 Å². The number of likely N-dealkylation sites (N-methyl/N-ethyl adjacent to an activating group) is 3. The number of benzene rings is 5. The summed E-state index contributed by atoms with van der Waals surface area (Å²) in [6.45, 7) is 10.1. The molecule has 5 aromatic rings. The fourth-order valence-corrected chi connectivity index (χ4v) is 5.51. The van der Waals surface area contributed by atoms with Crippen LogP contribution in [0.15, 0.2) is 121 Å². The van der Waals surface area contributed by atoms with Gasteiger partial charge in [-0.3, -0.25) is 30.3 Å². The Hall–Kier alpha value is -6.01. The van der Waals surface area contributed by atoms with E-state index in [-0.39, 0.29) is 66.7 Å². The quantitative estimate of drug-likeness (QED) is 0.0178. The number of nitrogens with two attached hydrogens (primary N) is 4. The van der Waals surface area contributed by atoms with Gasteiger partial charge in [-0.05, 0) is 106 Å². The third kappa shape index (κ3) is 31.2. The van der Waals surface area contributed by atoms with Crippen LogP contribution < -0.4 is 44.2 Å². The van der Waals surface area contributed by atoms with E-state index >= 15 is 0 Å². The third-order valence-corrected chi connectivity index (χ3v) is 9.33. The van der Waals surface area contributed by atoms with Crippen LogP contribution in [-0.4, -0.2) is 129 Å². The van der Waals surface area contributed by atoms with Gasteiger partial charge < -0.3 is 58.9 Å². The molecule has 70 heavy (non-hydrogen) atoms. The van der Waals surface area contributed by atoms with Crippen LogP contribution in [0.5, 0.6) is 0 Å². The zero-order valence-electron chi connectivity index (χ0n) is 39.5. The molecule has 0 amide bonds. The minimum absolute atomic E-state index is 0. The molecule has 0 radical (unpaired) electrons. The van der Waals surface area contributed by atoms with Gasteiger partial charge in [-0.15, -0.1) is 49.6 Å². The predicted molar refractivity (Wildman–Crippen MR) is 295 cm³/mol. The molecule has 12 N–H and O–H groups in total. The highest BCUT2D eigenvalue weighted by Crippen LogP contribution is 2.17. The Morgan fingerprint density at radius 3 is 0.857 bits per heavy atom. The second-order valence-electron chi connectivity index (χ2n) is 14.8. The van der Waals surface area contributed by atoms with Gasteiger partial charge in [0.15, 0.2) is 0 Å². The summed E-state index contributed by atoms with van der Waals surface area (Å²) >= 11 is 0. The molecule has 0 fully saturated rings. The number of nitrogens with one attached hydrogen (secondary N) is 4. The van der Waals surface area contributed by atoms with E-state index in [9.17, 15) is 34.7 Å². The summed E-state index contributed by atoms with van der Waals surface area (Å²) in [5, 5.41) is 44.4. The highest BCUT2D eigenvalue weighted by molar-refractivity contribution is 5.86.